The Labute approximate surface area is 248 Å². The van der Waals surface area contributed by atoms with Crippen LogP contribution in [0, 0.1) is 7.14 Å². The van der Waals surface area contributed by atoms with E-state index in [0.29, 0.717) is 24.0 Å². The molecule has 0 unspecified atom stereocenters. The number of halogens is 5. The molecule has 1 atom stereocenters. The van der Waals surface area contributed by atoms with Gasteiger partial charge in [-0.1, -0.05) is 24.3 Å². The van der Waals surface area contributed by atoms with Gasteiger partial charge in [0.25, 0.3) is 5.56 Å². The van der Waals surface area contributed by atoms with Crippen molar-refractivity contribution in [2.45, 2.75) is 26.1 Å². The van der Waals surface area contributed by atoms with Gasteiger partial charge in [0.2, 0.25) is 0 Å². The third-order valence-corrected chi connectivity index (χ3v) is 7.06. The number of aromatic nitrogens is 2. The molecule has 0 radical (unpaired) electrons. The van der Waals surface area contributed by atoms with Crippen LogP contribution in [0.25, 0.3) is 22.3 Å². The molecule has 1 heterocycles. The van der Waals surface area contributed by atoms with Crippen LogP contribution in [0.15, 0.2) is 70.6 Å². The van der Waals surface area contributed by atoms with Gasteiger partial charge in [0, 0.05) is 5.56 Å². The molecule has 12 heteroatoms. The number of nitrogens with zero attached hydrogens (tertiary/aromatic N) is 3. The average molecular weight is 761 g/mol. The first-order valence-electron chi connectivity index (χ1n) is 11.6. The van der Waals surface area contributed by atoms with Gasteiger partial charge >= 0.3 is 12.1 Å². The van der Waals surface area contributed by atoms with E-state index in [1.165, 1.54) is 18.3 Å². The van der Waals surface area contributed by atoms with Gasteiger partial charge in [0.15, 0.2) is 11.9 Å². The molecule has 0 amide bonds. The fraction of sp³-hybridized carbons (Fsp3) is 0.185. The molecule has 0 spiro atoms. The molecule has 0 aliphatic heterocycles. The molecule has 39 heavy (non-hydrogen) atoms. The van der Waals surface area contributed by atoms with Crippen molar-refractivity contribution in [3.05, 3.63) is 89.3 Å². The van der Waals surface area contributed by atoms with Crippen molar-refractivity contribution in [3.8, 4) is 17.1 Å². The van der Waals surface area contributed by atoms with E-state index in [0.717, 1.165) is 16.8 Å². The van der Waals surface area contributed by atoms with Crippen LogP contribution < -0.4 is 10.3 Å². The first-order chi connectivity index (χ1) is 18.5. The Morgan fingerprint density at radius 1 is 1.10 bits per heavy atom. The van der Waals surface area contributed by atoms with E-state index in [2.05, 4.69) is 55.3 Å². The van der Waals surface area contributed by atoms with Crippen LogP contribution in [0.5, 0.6) is 5.75 Å². The summed E-state index contributed by atoms with van der Waals surface area (Å²) < 4.78 is 53.3. The lowest BCUT2D eigenvalue weighted by Crippen LogP contribution is -2.26. The third kappa shape index (κ3) is 6.59. The largest absolute Gasteiger partial charge is 0.477 e. The van der Waals surface area contributed by atoms with Crippen LogP contribution in [0.1, 0.15) is 25.0 Å². The Morgan fingerprint density at radius 3 is 2.46 bits per heavy atom. The van der Waals surface area contributed by atoms with Gasteiger partial charge in [0.05, 0.1) is 36.4 Å². The summed E-state index contributed by atoms with van der Waals surface area (Å²) in [5.74, 6) is -0.0307. The topological polar surface area (TPSA) is 82.8 Å². The van der Waals surface area contributed by atoms with Gasteiger partial charge in [-0.2, -0.15) is 22.9 Å². The van der Waals surface area contributed by atoms with E-state index in [9.17, 15) is 22.8 Å². The maximum Gasteiger partial charge on any atom is 0.416 e. The van der Waals surface area contributed by atoms with Crippen molar-refractivity contribution in [1.29, 1.82) is 0 Å². The van der Waals surface area contributed by atoms with Gasteiger partial charge in [-0.3, -0.25) is 4.79 Å². The summed E-state index contributed by atoms with van der Waals surface area (Å²) in [5, 5.41) is 4.60. The molecule has 0 aliphatic rings. The average Bonchev–Trinajstić information content (AvgIpc) is 2.89. The van der Waals surface area contributed by atoms with Gasteiger partial charge in [-0.25, -0.2) is 9.78 Å². The second-order valence-corrected chi connectivity index (χ2v) is 10.5. The number of benzene rings is 3. The van der Waals surface area contributed by atoms with Gasteiger partial charge in [-0.15, -0.1) is 0 Å². The molecule has 0 saturated heterocycles. The Kier molecular flexibility index (Phi) is 8.93. The molecule has 0 saturated carbocycles. The van der Waals surface area contributed by atoms with Crippen LogP contribution in [0.3, 0.4) is 0 Å². The number of alkyl halides is 3. The summed E-state index contributed by atoms with van der Waals surface area (Å²) in [4.78, 5) is 29.8. The zero-order chi connectivity index (χ0) is 28.3. The van der Waals surface area contributed by atoms with Crippen molar-refractivity contribution in [2.75, 3.05) is 6.61 Å². The molecule has 4 rings (SSSR count). The Hall–Kier alpha value is -3.01. The zero-order valence-electron chi connectivity index (χ0n) is 20.5. The molecule has 7 nitrogen and oxygen atoms in total. The highest BCUT2D eigenvalue weighted by Crippen LogP contribution is 2.32. The second kappa shape index (κ2) is 12.0. The number of hydrogen-bond donors (Lipinski definition) is 0. The number of carbonyl (C=O) groups is 1. The zero-order valence-corrected chi connectivity index (χ0v) is 24.8. The van der Waals surface area contributed by atoms with Crippen LogP contribution in [0.4, 0.5) is 13.2 Å². The smallest absolute Gasteiger partial charge is 0.416 e. The number of fused-ring (bicyclic) bond motifs is 1. The van der Waals surface area contributed by atoms with Gasteiger partial charge < -0.3 is 9.47 Å². The number of para-hydroxylation sites is 1. The summed E-state index contributed by atoms with van der Waals surface area (Å²) in [5.41, 5.74) is -0.380. The Morgan fingerprint density at radius 2 is 1.79 bits per heavy atom. The van der Waals surface area contributed by atoms with Crippen molar-refractivity contribution >= 4 is 68.3 Å². The first kappa shape index (κ1) is 29.0. The van der Waals surface area contributed by atoms with Gasteiger partial charge in [-0.05, 0) is 101 Å². The predicted molar refractivity (Wildman–Crippen MR) is 158 cm³/mol. The Balaban J connectivity index is 1.78. The van der Waals surface area contributed by atoms with E-state index in [1.807, 2.05) is 0 Å². The minimum absolute atomic E-state index is 0.0336. The summed E-state index contributed by atoms with van der Waals surface area (Å²) in [6, 6.07) is 14.6. The summed E-state index contributed by atoms with van der Waals surface area (Å²) in [7, 11) is 0. The summed E-state index contributed by atoms with van der Waals surface area (Å²) in [6.07, 6.45) is -3.97. The van der Waals surface area contributed by atoms with Crippen molar-refractivity contribution < 1.29 is 27.4 Å². The molecule has 0 bridgehead atoms. The van der Waals surface area contributed by atoms with Gasteiger partial charge in [0.1, 0.15) is 5.75 Å². The fourth-order valence-corrected chi connectivity index (χ4v) is 5.70. The minimum atomic E-state index is -4.57. The van der Waals surface area contributed by atoms with Crippen molar-refractivity contribution in [2.24, 2.45) is 5.10 Å². The number of esters is 1. The summed E-state index contributed by atoms with van der Waals surface area (Å²) >= 11 is 4.12. The molecule has 0 fully saturated rings. The van der Waals surface area contributed by atoms with E-state index in [1.54, 1.807) is 50.2 Å². The third-order valence-electron chi connectivity index (χ3n) is 5.46. The highest BCUT2D eigenvalue weighted by Gasteiger charge is 2.31. The summed E-state index contributed by atoms with van der Waals surface area (Å²) in [6.45, 7) is 3.54. The van der Waals surface area contributed by atoms with E-state index in [4.69, 9.17) is 9.47 Å². The van der Waals surface area contributed by atoms with E-state index >= 15 is 0 Å². The first-order valence-corrected chi connectivity index (χ1v) is 13.7. The fourth-order valence-electron chi connectivity index (χ4n) is 3.63. The Bertz CT molecular complexity index is 1610. The number of carbonyl (C=O) groups excluding carboxylic acids is 1. The lowest BCUT2D eigenvalue weighted by Gasteiger charge is -2.16. The lowest BCUT2D eigenvalue weighted by atomic mass is 10.1. The minimum Gasteiger partial charge on any atom is -0.477 e. The quantitative estimate of drug-likeness (QED) is 0.122. The molecular formula is C27H20F3I2N3O4. The molecule has 4 aromatic rings. The lowest BCUT2D eigenvalue weighted by molar-refractivity contribution is -0.150. The normalized spacial score (nSPS) is 12.6. The maximum atomic E-state index is 13.4. The van der Waals surface area contributed by atoms with Crippen molar-refractivity contribution in [1.82, 2.24) is 9.66 Å². The predicted octanol–water partition coefficient (Wildman–Crippen LogP) is 6.50. The number of ether oxygens (including phenoxy) is 2. The van der Waals surface area contributed by atoms with Crippen LogP contribution in [0.2, 0.25) is 0 Å². The van der Waals surface area contributed by atoms with E-state index in [-0.39, 0.29) is 23.4 Å². The number of rotatable bonds is 7. The molecule has 0 N–H and O–H groups in total. The molecule has 1 aromatic heterocycles. The maximum absolute atomic E-state index is 13.4. The van der Waals surface area contributed by atoms with Crippen molar-refractivity contribution in [3.63, 3.8) is 0 Å². The van der Waals surface area contributed by atoms with Crippen LogP contribution in [-0.4, -0.2) is 34.6 Å². The highest BCUT2D eigenvalue weighted by molar-refractivity contribution is 14.1. The standard InChI is InChI=1S/C27H20F3I2N3O4/c1-3-38-26(37)15(2)39-23-20(31)11-16(12-21(23)32)14-33-35-24(17-7-6-8-18(13-17)27(28,29)30)34-22-10-5-4-9-19(22)25(35)36/h4-15H,3H2,1-2H3/t15-/m1/s1. The molecule has 3 aromatic carbocycles. The molecular weight excluding hydrogens is 741 g/mol. The molecule has 0 aliphatic carbocycles. The van der Waals surface area contributed by atoms with Crippen LogP contribution >= 0.6 is 45.2 Å². The van der Waals surface area contributed by atoms with E-state index < -0.39 is 29.4 Å². The van der Waals surface area contributed by atoms with Crippen LogP contribution in [-0.2, 0) is 15.7 Å². The number of hydrogen-bond acceptors (Lipinski definition) is 6. The second-order valence-electron chi connectivity index (χ2n) is 8.22. The SMILES string of the molecule is CCOC(=O)[C@@H](C)Oc1c(I)cc(C=Nn2c(-c3cccc(C(F)(F)F)c3)nc3ccccc3c2=O)cc1I. The molecule has 202 valence electrons. The highest BCUT2D eigenvalue weighted by atomic mass is 127. The monoisotopic (exact) mass is 761 g/mol.